The Morgan fingerprint density at radius 2 is 1.71 bits per heavy atom. The molecule has 3 heterocycles. The summed E-state index contributed by atoms with van der Waals surface area (Å²) < 4.78 is 0. The highest BCUT2D eigenvalue weighted by molar-refractivity contribution is 6.14. The minimum Gasteiger partial charge on any atom is -0.331 e. The van der Waals surface area contributed by atoms with Gasteiger partial charge in [-0.2, -0.15) is 0 Å². The lowest BCUT2D eigenvalue weighted by atomic mass is 9.97. The molecule has 0 saturated heterocycles. The molecule has 2 N–H and O–H groups in total. The number of aromatic nitrogens is 5. The Balaban J connectivity index is 1.69. The molecule has 0 aliphatic rings. The number of carbonyl (C=O) groups is 1. The Labute approximate surface area is 159 Å². The van der Waals surface area contributed by atoms with Crippen molar-refractivity contribution >= 4 is 33.7 Å². The number of anilines is 1. The van der Waals surface area contributed by atoms with E-state index in [2.05, 4.69) is 30.2 Å². The van der Waals surface area contributed by atoms with E-state index in [0.29, 0.717) is 22.5 Å². The number of nitrogens with zero attached hydrogens (tertiary/aromatic N) is 4. The smallest absolute Gasteiger partial charge is 0.260 e. The summed E-state index contributed by atoms with van der Waals surface area (Å²) in [7, 11) is 0. The summed E-state index contributed by atoms with van der Waals surface area (Å²) in [6.45, 7) is 0. The number of pyridine rings is 1. The summed E-state index contributed by atoms with van der Waals surface area (Å²) in [5.74, 6) is 0.0763. The van der Waals surface area contributed by atoms with Crippen LogP contribution in [-0.4, -0.2) is 30.8 Å². The van der Waals surface area contributed by atoms with Crippen molar-refractivity contribution in [3.8, 4) is 11.1 Å². The number of carbonyl (C=O) groups excluding carboxylic acids is 1. The van der Waals surface area contributed by atoms with Crippen LogP contribution in [-0.2, 0) is 0 Å². The Morgan fingerprint density at radius 3 is 2.57 bits per heavy atom. The van der Waals surface area contributed by atoms with Crippen molar-refractivity contribution in [2.45, 2.75) is 0 Å². The molecule has 7 heteroatoms. The van der Waals surface area contributed by atoms with Gasteiger partial charge in [0.2, 0.25) is 5.95 Å². The van der Waals surface area contributed by atoms with Crippen LogP contribution in [0.2, 0.25) is 0 Å². The van der Waals surface area contributed by atoms with E-state index in [1.54, 1.807) is 30.9 Å². The predicted octanol–water partition coefficient (Wildman–Crippen LogP) is 3.82. The van der Waals surface area contributed by atoms with Crippen molar-refractivity contribution in [2.24, 2.45) is 0 Å². The molecule has 0 atom stereocenters. The van der Waals surface area contributed by atoms with Gasteiger partial charge in [0.25, 0.3) is 5.91 Å². The molecule has 2 aromatic carbocycles. The number of amides is 1. The monoisotopic (exact) mass is 366 g/mol. The van der Waals surface area contributed by atoms with Gasteiger partial charge < -0.3 is 4.98 Å². The third kappa shape index (κ3) is 2.66. The fraction of sp³-hybridized carbons (Fsp3) is 0. The highest BCUT2D eigenvalue weighted by Gasteiger charge is 2.17. The highest BCUT2D eigenvalue weighted by atomic mass is 16.1. The first-order valence-electron chi connectivity index (χ1n) is 8.69. The minimum absolute atomic E-state index is 0.303. The zero-order valence-electron chi connectivity index (χ0n) is 14.6. The lowest BCUT2D eigenvalue weighted by Crippen LogP contribution is -2.14. The summed E-state index contributed by atoms with van der Waals surface area (Å²) in [5.41, 5.74) is 3.42. The first-order chi connectivity index (χ1) is 13.8. The number of aromatic amines is 1. The molecule has 0 unspecified atom stereocenters. The third-order valence-electron chi connectivity index (χ3n) is 4.56. The normalized spacial score (nSPS) is 11.0. The fourth-order valence-electron chi connectivity index (χ4n) is 3.30. The first kappa shape index (κ1) is 16.1. The number of fused-ring (bicyclic) bond motifs is 2. The zero-order valence-corrected chi connectivity index (χ0v) is 14.6. The number of imidazole rings is 1. The molecule has 0 radical (unpaired) electrons. The number of benzene rings is 2. The summed E-state index contributed by atoms with van der Waals surface area (Å²) in [6.07, 6.45) is 10.1. The topological polar surface area (TPSA) is 96.5 Å². The first-order valence-corrected chi connectivity index (χ1v) is 8.69. The maximum Gasteiger partial charge on any atom is 0.260 e. The van der Waals surface area contributed by atoms with Crippen LogP contribution in [0.1, 0.15) is 10.4 Å². The Hall–Kier alpha value is -4.13. The van der Waals surface area contributed by atoms with Gasteiger partial charge in [0, 0.05) is 53.7 Å². The maximum absolute atomic E-state index is 12.7. The van der Waals surface area contributed by atoms with Gasteiger partial charge in [0.15, 0.2) is 0 Å². The quantitative estimate of drug-likeness (QED) is 0.506. The van der Waals surface area contributed by atoms with E-state index in [-0.39, 0.29) is 5.91 Å². The Bertz CT molecular complexity index is 1310. The van der Waals surface area contributed by atoms with Gasteiger partial charge in [0.1, 0.15) is 5.52 Å². The highest BCUT2D eigenvalue weighted by Crippen LogP contribution is 2.33. The van der Waals surface area contributed by atoms with Crippen molar-refractivity contribution in [2.75, 3.05) is 5.32 Å². The van der Waals surface area contributed by atoms with Crippen LogP contribution >= 0.6 is 0 Å². The van der Waals surface area contributed by atoms with Gasteiger partial charge in [0.05, 0.1) is 11.1 Å². The molecule has 134 valence electrons. The molecule has 5 rings (SSSR count). The molecule has 0 saturated carbocycles. The minimum atomic E-state index is -0.303. The van der Waals surface area contributed by atoms with Crippen LogP contribution < -0.4 is 5.32 Å². The molecule has 0 bridgehead atoms. The number of rotatable bonds is 3. The Kier molecular flexibility index (Phi) is 3.76. The van der Waals surface area contributed by atoms with Gasteiger partial charge >= 0.3 is 0 Å². The van der Waals surface area contributed by atoms with Gasteiger partial charge in [-0.05, 0) is 11.5 Å². The third-order valence-corrected chi connectivity index (χ3v) is 4.56. The molecular formula is C21H14N6O. The standard InChI is InChI=1S/C21H14N6O/c28-20(27-21-25-9-10-26-21)16-6-5-15(18-19(16)24-8-7-23-18)17-12-22-11-13-3-1-2-4-14(13)17/h1-12H,(H2,25,26,27,28). The summed E-state index contributed by atoms with van der Waals surface area (Å²) in [5, 5.41) is 4.84. The van der Waals surface area contributed by atoms with E-state index in [4.69, 9.17) is 0 Å². The molecule has 0 fully saturated rings. The Morgan fingerprint density at radius 1 is 0.857 bits per heavy atom. The van der Waals surface area contributed by atoms with Gasteiger partial charge in [-0.1, -0.05) is 30.3 Å². The largest absolute Gasteiger partial charge is 0.331 e. The van der Waals surface area contributed by atoms with Crippen molar-refractivity contribution in [1.29, 1.82) is 0 Å². The van der Waals surface area contributed by atoms with Crippen LogP contribution in [0, 0.1) is 0 Å². The molecule has 7 nitrogen and oxygen atoms in total. The molecule has 0 aliphatic heterocycles. The van der Waals surface area contributed by atoms with E-state index in [1.807, 2.05) is 42.7 Å². The van der Waals surface area contributed by atoms with Crippen LogP contribution in [0.5, 0.6) is 0 Å². The van der Waals surface area contributed by atoms with Crippen LogP contribution in [0.15, 0.2) is 73.6 Å². The van der Waals surface area contributed by atoms with Gasteiger partial charge in [-0.3, -0.25) is 25.1 Å². The van der Waals surface area contributed by atoms with E-state index in [1.165, 1.54) is 0 Å². The maximum atomic E-state index is 12.7. The molecule has 28 heavy (non-hydrogen) atoms. The second-order valence-corrected chi connectivity index (χ2v) is 6.21. The average molecular weight is 366 g/mol. The van der Waals surface area contributed by atoms with Crippen molar-refractivity contribution in [3.05, 3.63) is 79.1 Å². The molecular weight excluding hydrogens is 352 g/mol. The lowest BCUT2D eigenvalue weighted by Gasteiger charge is -2.11. The van der Waals surface area contributed by atoms with Gasteiger partial charge in [-0.15, -0.1) is 0 Å². The SMILES string of the molecule is O=C(Nc1ncc[nH]1)c1ccc(-c2cncc3ccccc23)c2nccnc12. The molecule has 0 spiro atoms. The van der Waals surface area contributed by atoms with E-state index < -0.39 is 0 Å². The van der Waals surface area contributed by atoms with E-state index in [0.717, 1.165) is 21.9 Å². The summed E-state index contributed by atoms with van der Waals surface area (Å²) in [6, 6.07) is 11.7. The molecule has 5 aromatic rings. The van der Waals surface area contributed by atoms with Crippen LogP contribution in [0.4, 0.5) is 5.95 Å². The molecule has 3 aromatic heterocycles. The average Bonchev–Trinajstić information content (AvgIpc) is 3.25. The molecule has 0 aliphatic carbocycles. The summed E-state index contributed by atoms with van der Waals surface area (Å²) in [4.78, 5) is 32.9. The number of hydrogen-bond donors (Lipinski definition) is 2. The number of H-pyrrole nitrogens is 1. The number of hydrogen-bond acceptors (Lipinski definition) is 5. The van der Waals surface area contributed by atoms with Crippen molar-refractivity contribution < 1.29 is 4.79 Å². The fourth-order valence-corrected chi connectivity index (χ4v) is 3.30. The number of nitrogens with one attached hydrogen (secondary N) is 2. The predicted molar refractivity (Wildman–Crippen MR) is 107 cm³/mol. The molecule has 1 amide bonds. The van der Waals surface area contributed by atoms with Crippen LogP contribution in [0.3, 0.4) is 0 Å². The summed E-state index contributed by atoms with van der Waals surface area (Å²) >= 11 is 0. The second-order valence-electron chi connectivity index (χ2n) is 6.21. The zero-order chi connectivity index (χ0) is 18.9. The van der Waals surface area contributed by atoms with Gasteiger partial charge in [-0.25, -0.2) is 4.98 Å². The second kappa shape index (κ2) is 6.55. The van der Waals surface area contributed by atoms with Crippen molar-refractivity contribution in [1.82, 2.24) is 24.9 Å². The van der Waals surface area contributed by atoms with Crippen LogP contribution in [0.25, 0.3) is 32.9 Å². The van der Waals surface area contributed by atoms with E-state index >= 15 is 0 Å². The van der Waals surface area contributed by atoms with Crippen molar-refractivity contribution in [3.63, 3.8) is 0 Å². The lowest BCUT2D eigenvalue weighted by molar-refractivity contribution is 0.102. The van der Waals surface area contributed by atoms with E-state index in [9.17, 15) is 4.79 Å².